The molecule has 0 N–H and O–H groups in total. The van der Waals surface area contributed by atoms with Gasteiger partial charge in [0.25, 0.3) is 0 Å². The van der Waals surface area contributed by atoms with Gasteiger partial charge in [-0.05, 0) is 90.5 Å². The van der Waals surface area contributed by atoms with E-state index in [-0.39, 0.29) is 11.9 Å². The van der Waals surface area contributed by atoms with Crippen LogP contribution in [0.5, 0.6) is 5.75 Å². The molecule has 0 aliphatic heterocycles. The molecule has 5 unspecified atom stereocenters. The quantitative estimate of drug-likeness (QED) is 0.594. The third-order valence-electron chi connectivity index (χ3n) is 8.25. The Kier molecular flexibility index (Phi) is 5.08. The molecule has 3 heteroatoms. The Morgan fingerprint density at radius 2 is 1.97 bits per heavy atom. The molecule has 0 aromatic heterocycles. The van der Waals surface area contributed by atoms with Crippen LogP contribution < -0.4 is 4.74 Å². The van der Waals surface area contributed by atoms with Gasteiger partial charge in [-0.15, -0.1) is 0 Å². The summed E-state index contributed by atoms with van der Waals surface area (Å²) in [5.41, 5.74) is 4.49. The summed E-state index contributed by atoms with van der Waals surface area (Å²) in [6.45, 7) is 3.04. The molecule has 3 aliphatic rings. The zero-order chi connectivity index (χ0) is 20.7. The van der Waals surface area contributed by atoms with E-state index < -0.39 is 0 Å². The number of aryl methyl sites for hydroxylation is 1. The molecule has 2 aromatic rings. The number of methoxy groups -OCH3 is 1. The van der Waals surface area contributed by atoms with Crippen LogP contribution in [0.25, 0.3) is 0 Å². The highest BCUT2D eigenvalue weighted by molar-refractivity contribution is 5.72. The Morgan fingerprint density at radius 1 is 1.13 bits per heavy atom. The predicted molar refractivity (Wildman–Crippen MR) is 117 cm³/mol. The molecule has 0 radical (unpaired) electrons. The van der Waals surface area contributed by atoms with E-state index in [0.717, 1.165) is 25.0 Å². The molecule has 0 spiro atoms. The maximum Gasteiger partial charge on any atom is 0.308 e. The zero-order valence-corrected chi connectivity index (χ0v) is 18.1. The molecule has 158 valence electrons. The van der Waals surface area contributed by atoms with Crippen molar-refractivity contribution in [2.45, 2.75) is 58.0 Å². The molecule has 0 bridgehead atoms. The fourth-order valence-electron chi connectivity index (χ4n) is 6.80. The van der Waals surface area contributed by atoms with E-state index in [0.29, 0.717) is 29.8 Å². The molecular formula is C27H32O3. The van der Waals surface area contributed by atoms with Crippen LogP contribution in [0.3, 0.4) is 0 Å². The summed E-state index contributed by atoms with van der Waals surface area (Å²) in [7, 11) is 1.53. The third-order valence-corrected chi connectivity index (χ3v) is 8.25. The monoisotopic (exact) mass is 404 g/mol. The largest absolute Gasteiger partial charge is 0.489 e. The highest BCUT2D eigenvalue weighted by atomic mass is 16.5. The molecule has 5 rings (SSSR count). The second-order valence-electron chi connectivity index (χ2n) is 9.90. The Labute approximate surface area is 179 Å². The van der Waals surface area contributed by atoms with Crippen LogP contribution in [0.2, 0.25) is 0 Å². The minimum Gasteiger partial charge on any atom is -0.489 e. The molecular weight excluding hydrogens is 372 g/mol. The number of carbonyl (C=O) groups is 1. The van der Waals surface area contributed by atoms with E-state index in [9.17, 15) is 4.79 Å². The minimum atomic E-state index is -0.00130. The molecule has 30 heavy (non-hydrogen) atoms. The van der Waals surface area contributed by atoms with Crippen molar-refractivity contribution in [2.24, 2.45) is 23.2 Å². The number of esters is 1. The standard InChI is InChI=1S/C27H32O3/c1-27-13-12-23-22-11-9-21(30-17-18-6-4-3-5-7-18)14-19(22)8-10-24(23)25(27)15-20(16-27)26(28)29-2/h3-7,9,11,14,20,23-25H,8,10,12-13,15-17H2,1-2H3. The number of fused-ring (bicyclic) bond motifs is 5. The lowest BCUT2D eigenvalue weighted by molar-refractivity contribution is -0.145. The van der Waals surface area contributed by atoms with E-state index >= 15 is 0 Å². The van der Waals surface area contributed by atoms with Gasteiger partial charge >= 0.3 is 5.97 Å². The summed E-state index contributed by atoms with van der Waals surface area (Å²) in [4.78, 5) is 12.2. The van der Waals surface area contributed by atoms with Gasteiger partial charge in [-0.25, -0.2) is 0 Å². The van der Waals surface area contributed by atoms with Gasteiger partial charge in [0.1, 0.15) is 12.4 Å². The highest BCUT2D eigenvalue weighted by Crippen LogP contribution is 2.62. The highest BCUT2D eigenvalue weighted by Gasteiger charge is 2.54. The van der Waals surface area contributed by atoms with Crippen molar-refractivity contribution in [3.05, 3.63) is 65.2 Å². The average molecular weight is 405 g/mol. The SMILES string of the molecule is COC(=O)C1CC2C3CCc4cc(OCc5ccccc5)ccc4C3CCC2(C)C1. The van der Waals surface area contributed by atoms with Crippen LogP contribution in [0, 0.1) is 23.2 Å². The lowest BCUT2D eigenvalue weighted by Crippen LogP contribution is -2.39. The third kappa shape index (κ3) is 3.42. The topological polar surface area (TPSA) is 35.5 Å². The van der Waals surface area contributed by atoms with Gasteiger partial charge in [0.05, 0.1) is 13.0 Å². The summed E-state index contributed by atoms with van der Waals surface area (Å²) >= 11 is 0. The average Bonchev–Trinajstić information content (AvgIpc) is 3.15. The first-order valence-corrected chi connectivity index (χ1v) is 11.4. The summed E-state index contributed by atoms with van der Waals surface area (Å²) in [6.07, 6.45) is 6.83. The van der Waals surface area contributed by atoms with Crippen molar-refractivity contribution in [1.82, 2.24) is 0 Å². The molecule has 2 saturated carbocycles. The fraction of sp³-hybridized carbons (Fsp3) is 0.519. The second kappa shape index (κ2) is 7.76. The van der Waals surface area contributed by atoms with E-state index in [1.807, 2.05) is 6.07 Å². The summed E-state index contributed by atoms with van der Waals surface area (Å²) in [6, 6.07) is 17.1. The first-order chi connectivity index (χ1) is 14.6. The van der Waals surface area contributed by atoms with Crippen LogP contribution in [0.15, 0.2) is 48.5 Å². The zero-order valence-electron chi connectivity index (χ0n) is 18.1. The van der Waals surface area contributed by atoms with E-state index in [1.54, 1.807) is 0 Å². The maximum absolute atomic E-state index is 12.2. The van der Waals surface area contributed by atoms with Crippen LogP contribution >= 0.6 is 0 Å². The number of hydrogen-bond acceptors (Lipinski definition) is 3. The van der Waals surface area contributed by atoms with Crippen LogP contribution in [0.1, 0.15) is 61.6 Å². The van der Waals surface area contributed by atoms with Crippen molar-refractivity contribution in [3.63, 3.8) is 0 Å². The first kappa shape index (κ1) is 19.7. The van der Waals surface area contributed by atoms with Gasteiger partial charge in [0, 0.05) is 0 Å². The molecule has 2 fully saturated rings. The predicted octanol–water partition coefficient (Wildman–Crippen LogP) is 5.91. The van der Waals surface area contributed by atoms with Gasteiger partial charge in [-0.2, -0.15) is 0 Å². The number of carbonyl (C=O) groups excluding carboxylic acids is 1. The first-order valence-electron chi connectivity index (χ1n) is 11.4. The number of benzene rings is 2. The molecule has 3 nitrogen and oxygen atoms in total. The fourth-order valence-corrected chi connectivity index (χ4v) is 6.80. The molecule has 0 amide bonds. The van der Waals surface area contributed by atoms with Crippen molar-refractivity contribution >= 4 is 5.97 Å². The Morgan fingerprint density at radius 3 is 2.77 bits per heavy atom. The second-order valence-corrected chi connectivity index (χ2v) is 9.90. The normalized spacial score (nSPS) is 31.9. The van der Waals surface area contributed by atoms with Crippen molar-refractivity contribution < 1.29 is 14.3 Å². The Bertz CT molecular complexity index is 921. The maximum atomic E-state index is 12.2. The molecule has 5 atom stereocenters. The van der Waals surface area contributed by atoms with Gasteiger partial charge in [-0.3, -0.25) is 4.79 Å². The molecule has 0 heterocycles. The number of hydrogen-bond donors (Lipinski definition) is 0. The van der Waals surface area contributed by atoms with Crippen molar-refractivity contribution in [3.8, 4) is 5.75 Å². The van der Waals surface area contributed by atoms with E-state index in [2.05, 4.69) is 49.4 Å². The van der Waals surface area contributed by atoms with Gasteiger partial charge in [-0.1, -0.05) is 43.3 Å². The van der Waals surface area contributed by atoms with E-state index in [4.69, 9.17) is 9.47 Å². The lowest BCUT2D eigenvalue weighted by atomic mass is 9.56. The number of ether oxygens (including phenoxy) is 2. The van der Waals surface area contributed by atoms with E-state index in [1.165, 1.54) is 43.1 Å². The summed E-state index contributed by atoms with van der Waals surface area (Å²) < 4.78 is 11.2. The van der Waals surface area contributed by atoms with Gasteiger partial charge in [0.15, 0.2) is 0 Å². The van der Waals surface area contributed by atoms with Crippen LogP contribution in [-0.4, -0.2) is 13.1 Å². The summed E-state index contributed by atoms with van der Waals surface area (Å²) in [5.74, 6) is 3.04. The Hall–Kier alpha value is -2.29. The minimum absolute atomic E-state index is 0.00130. The molecule has 3 aliphatic carbocycles. The van der Waals surface area contributed by atoms with Crippen molar-refractivity contribution in [2.75, 3.05) is 7.11 Å². The van der Waals surface area contributed by atoms with Crippen LogP contribution in [0.4, 0.5) is 0 Å². The summed E-state index contributed by atoms with van der Waals surface area (Å²) in [5, 5.41) is 0. The Balaban J connectivity index is 1.32. The molecule has 0 saturated heterocycles. The van der Waals surface area contributed by atoms with Crippen molar-refractivity contribution in [1.29, 1.82) is 0 Å². The lowest BCUT2D eigenvalue weighted by Gasteiger charge is -2.49. The van der Waals surface area contributed by atoms with Crippen LogP contribution in [-0.2, 0) is 22.6 Å². The van der Waals surface area contributed by atoms with Gasteiger partial charge < -0.3 is 9.47 Å². The molecule has 2 aromatic carbocycles. The smallest absolute Gasteiger partial charge is 0.308 e. The van der Waals surface area contributed by atoms with Gasteiger partial charge in [0.2, 0.25) is 0 Å². The number of rotatable bonds is 4.